The number of hydrogen-bond donors (Lipinski definition) is 3. The Bertz CT molecular complexity index is 674. The van der Waals surface area contributed by atoms with Crippen molar-refractivity contribution in [3.8, 4) is 5.75 Å². The van der Waals surface area contributed by atoms with E-state index in [0.29, 0.717) is 27.7 Å². The zero-order chi connectivity index (χ0) is 15.4. The Morgan fingerprint density at radius 2 is 1.95 bits per heavy atom. The molecule has 0 aromatic heterocycles. The second kappa shape index (κ2) is 6.47. The number of rotatable bonds is 4. The Balaban J connectivity index is 2.34. The molecule has 2 aromatic carbocycles. The molecule has 0 unspecified atom stereocenters. The van der Waals surface area contributed by atoms with Crippen molar-refractivity contribution in [2.45, 2.75) is 6.92 Å². The topological polar surface area (TPSA) is 76.4 Å². The molecule has 0 saturated carbocycles. The fraction of sp³-hybridized carbons (Fsp3) is 0.133. The molecule has 110 valence electrons. The number of methoxy groups -OCH3 is 1. The van der Waals surface area contributed by atoms with Crippen molar-refractivity contribution in [1.29, 1.82) is 0 Å². The Kier molecular flexibility index (Phi) is 4.67. The Morgan fingerprint density at radius 3 is 2.62 bits per heavy atom. The van der Waals surface area contributed by atoms with Crippen molar-refractivity contribution in [2.24, 2.45) is 5.84 Å². The zero-order valence-corrected chi connectivity index (χ0v) is 12.5. The highest BCUT2D eigenvalue weighted by molar-refractivity contribution is 6.31. The molecule has 0 aliphatic rings. The summed E-state index contributed by atoms with van der Waals surface area (Å²) >= 11 is 5.95. The average Bonchev–Trinajstić information content (AvgIpc) is 2.47. The maximum atomic E-state index is 12.4. The maximum Gasteiger partial charge on any atom is 0.257 e. The summed E-state index contributed by atoms with van der Waals surface area (Å²) in [7, 11) is 1.53. The summed E-state index contributed by atoms with van der Waals surface area (Å²) in [5, 5.41) is 3.28. The predicted molar refractivity (Wildman–Crippen MR) is 84.9 cm³/mol. The molecule has 0 bridgehead atoms. The van der Waals surface area contributed by atoms with Gasteiger partial charge in [-0.05, 0) is 37.3 Å². The highest BCUT2D eigenvalue weighted by Crippen LogP contribution is 2.28. The van der Waals surface area contributed by atoms with Gasteiger partial charge in [0.05, 0.1) is 24.0 Å². The van der Waals surface area contributed by atoms with Crippen molar-refractivity contribution in [3.63, 3.8) is 0 Å². The number of nitrogens with two attached hydrogens (primary N) is 1. The largest absolute Gasteiger partial charge is 0.495 e. The van der Waals surface area contributed by atoms with Crippen LogP contribution in [0.2, 0.25) is 5.02 Å². The smallest absolute Gasteiger partial charge is 0.257 e. The lowest BCUT2D eigenvalue weighted by molar-refractivity contribution is 0.102. The molecule has 2 aromatic rings. The van der Waals surface area contributed by atoms with Crippen molar-refractivity contribution in [1.82, 2.24) is 0 Å². The lowest BCUT2D eigenvalue weighted by atomic mass is 10.1. The molecular formula is C15H16ClN3O2. The molecule has 0 atom stereocenters. The van der Waals surface area contributed by atoms with E-state index in [1.165, 1.54) is 7.11 Å². The number of benzene rings is 2. The minimum absolute atomic E-state index is 0.299. The second-order valence-electron chi connectivity index (χ2n) is 4.49. The van der Waals surface area contributed by atoms with Crippen LogP contribution in [0.15, 0.2) is 36.4 Å². The number of ether oxygens (including phenoxy) is 1. The molecule has 0 radical (unpaired) electrons. The highest BCUT2D eigenvalue weighted by atomic mass is 35.5. The van der Waals surface area contributed by atoms with Gasteiger partial charge in [-0.3, -0.25) is 10.6 Å². The van der Waals surface area contributed by atoms with Gasteiger partial charge in [0.1, 0.15) is 5.75 Å². The minimum Gasteiger partial charge on any atom is -0.495 e. The van der Waals surface area contributed by atoms with Crippen LogP contribution in [0.25, 0.3) is 0 Å². The van der Waals surface area contributed by atoms with Crippen LogP contribution >= 0.6 is 11.6 Å². The van der Waals surface area contributed by atoms with E-state index in [1.807, 2.05) is 13.0 Å². The first-order chi connectivity index (χ1) is 10.0. The third-order valence-corrected chi connectivity index (χ3v) is 3.22. The van der Waals surface area contributed by atoms with Gasteiger partial charge in [0.2, 0.25) is 0 Å². The van der Waals surface area contributed by atoms with E-state index in [9.17, 15) is 4.79 Å². The van der Waals surface area contributed by atoms with Crippen molar-refractivity contribution < 1.29 is 9.53 Å². The van der Waals surface area contributed by atoms with Gasteiger partial charge in [-0.2, -0.15) is 0 Å². The number of nitrogen functional groups attached to an aromatic ring is 1. The second-order valence-corrected chi connectivity index (χ2v) is 4.93. The van der Waals surface area contributed by atoms with Crippen LogP contribution in [0.4, 0.5) is 11.4 Å². The first kappa shape index (κ1) is 15.2. The van der Waals surface area contributed by atoms with E-state index < -0.39 is 0 Å². The number of carbonyl (C=O) groups is 1. The molecule has 21 heavy (non-hydrogen) atoms. The van der Waals surface area contributed by atoms with Gasteiger partial charge in [-0.25, -0.2) is 0 Å². The van der Waals surface area contributed by atoms with Crippen molar-refractivity contribution in [2.75, 3.05) is 17.9 Å². The van der Waals surface area contributed by atoms with Gasteiger partial charge in [0.15, 0.2) is 0 Å². The summed E-state index contributed by atoms with van der Waals surface area (Å²) in [4.78, 5) is 12.4. The van der Waals surface area contributed by atoms with Crippen LogP contribution in [-0.4, -0.2) is 13.0 Å². The van der Waals surface area contributed by atoms with Crippen molar-refractivity contribution in [3.05, 3.63) is 52.5 Å². The number of aryl methyl sites for hydroxylation is 1. The van der Waals surface area contributed by atoms with Crippen molar-refractivity contribution >= 4 is 28.9 Å². The van der Waals surface area contributed by atoms with E-state index in [1.54, 1.807) is 30.3 Å². The maximum absolute atomic E-state index is 12.4. The summed E-state index contributed by atoms with van der Waals surface area (Å²) in [5.41, 5.74) is 4.95. The van der Waals surface area contributed by atoms with Gasteiger partial charge in [-0.1, -0.05) is 23.2 Å². The molecule has 0 heterocycles. The molecule has 5 nitrogen and oxygen atoms in total. The summed E-state index contributed by atoms with van der Waals surface area (Å²) in [6.45, 7) is 1.90. The normalized spacial score (nSPS) is 10.1. The fourth-order valence-corrected chi connectivity index (χ4v) is 2.11. The number of carbonyl (C=O) groups excluding carboxylic acids is 1. The fourth-order valence-electron chi connectivity index (χ4n) is 1.94. The van der Waals surface area contributed by atoms with E-state index in [2.05, 4.69) is 10.7 Å². The molecule has 0 aliphatic heterocycles. The number of hydrazine groups is 1. The van der Waals surface area contributed by atoms with Crippen LogP contribution in [0.3, 0.4) is 0 Å². The Morgan fingerprint density at radius 1 is 1.19 bits per heavy atom. The van der Waals surface area contributed by atoms with Crippen LogP contribution in [-0.2, 0) is 0 Å². The number of hydrogen-bond acceptors (Lipinski definition) is 4. The van der Waals surface area contributed by atoms with Crippen LogP contribution in [0.1, 0.15) is 15.9 Å². The first-order valence-electron chi connectivity index (χ1n) is 6.27. The van der Waals surface area contributed by atoms with Crippen LogP contribution in [0.5, 0.6) is 5.75 Å². The van der Waals surface area contributed by atoms with E-state index >= 15 is 0 Å². The highest BCUT2D eigenvalue weighted by Gasteiger charge is 2.14. The summed E-state index contributed by atoms with van der Waals surface area (Å²) in [6.07, 6.45) is 0. The van der Waals surface area contributed by atoms with E-state index in [0.717, 1.165) is 5.56 Å². The molecule has 0 saturated heterocycles. The standard InChI is InChI=1S/C15H16ClN3O2/c1-9-3-5-12(19-17)11(7-9)15(20)18-13-8-10(16)4-6-14(13)21-2/h3-8,19H,17H2,1-2H3,(H,18,20). The summed E-state index contributed by atoms with van der Waals surface area (Å²) in [6, 6.07) is 10.4. The molecule has 4 N–H and O–H groups in total. The van der Waals surface area contributed by atoms with E-state index in [4.69, 9.17) is 22.2 Å². The molecule has 0 fully saturated rings. The number of amides is 1. The molecule has 1 amide bonds. The van der Waals surface area contributed by atoms with Gasteiger partial charge >= 0.3 is 0 Å². The van der Waals surface area contributed by atoms with Gasteiger partial charge in [0.25, 0.3) is 5.91 Å². The number of halogens is 1. The molecular weight excluding hydrogens is 290 g/mol. The average molecular weight is 306 g/mol. The third-order valence-electron chi connectivity index (χ3n) is 2.98. The summed E-state index contributed by atoms with van der Waals surface area (Å²) in [5.74, 6) is 5.67. The monoisotopic (exact) mass is 305 g/mol. The van der Waals surface area contributed by atoms with Gasteiger partial charge < -0.3 is 15.5 Å². The molecule has 0 spiro atoms. The lowest BCUT2D eigenvalue weighted by Gasteiger charge is -2.13. The SMILES string of the molecule is COc1ccc(Cl)cc1NC(=O)c1cc(C)ccc1NN. The first-order valence-corrected chi connectivity index (χ1v) is 6.65. The molecule has 6 heteroatoms. The predicted octanol–water partition coefficient (Wildman–Crippen LogP) is 3.19. The quantitative estimate of drug-likeness (QED) is 0.599. The molecule has 0 aliphatic carbocycles. The van der Waals surface area contributed by atoms with Gasteiger partial charge in [0, 0.05) is 5.02 Å². The van der Waals surface area contributed by atoms with Gasteiger partial charge in [-0.15, -0.1) is 0 Å². The Labute approximate surface area is 128 Å². The minimum atomic E-state index is -0.299. The van der Waals surface area contributed by atoms with Crippen LogP contribution < -0.4 is 21.3 Å². The number of anilines is 2. The number of nitrogens with one attached hydrogen (secondary N) is 2. The zero-order valence-electron chi connectivity index (χ0n) is 11.7. The summed E-state index contributed by atoms with van der Waals surface area (Å²) < 4.78 is 5.20. The third kappa shape index (κ3) is 3.45. The van der Waals surface area contributed by atoms with Crippen LogP contribution in [0, 0.1) is 6.92 Å². The molecule has 2 rings (SSSR count). The van der Waals surface area contributed by atoms with E-state index in [-0.39, 0.29) is 5.91 Å². The lowest BCUT2D eigenvalue weighted by Crippen LogP contribution is -2.17. The Hall–Kier alpha value is -2.24.